The highest BCUT2D eigenvalue weighted by Gasteiger charge is 2.19. The molecule has 2 N–H and O–H groups in total. The lowest BCUT2D eigenvalue weighted by atomic mass is 10.0. The molecule has 0 atom stereocenters. The van der Waals surface area contributed by atoms with Gasteiger partial charge in [0, 0.05) is 6.61 Å². The number of aliphatic hydroxyl groups excluding tert-OH is 1. The second-order valence-electron chi connectivity index (χ2n) is 3.14. The van der Waals surface area contributed by atoms with E-state index in [1.807, 2.05) is 0 Å². The van der Waals surface area contributed by atoms with E-state index >= 15 is 0 Å². The van der Waals surface area contributed by atoms with E-state index in [9.17, 15) is 4.79 Å². The second-order valence-corrected chi connectivity index (χ2v) is 3.14. The summed E-state index contributed by atoms with van der Waals surface area (Å²) in [5.74, 6) is -0.0608. The van der Waals surface area contributed by atoms with Crippen LogP contribution >= 0.6 is 0 Å². The summed E-state index contributed by atoms with van der Waals surface area (Å²) in [5.41, 5.74) is 0.697. The third-order valence-electron chi connectivity index (χ3n) is 2.21. The van der Waals surface area contributed by atoms with Crippen molar-refractivity contribution in [3.8, 4) is 11.5 Å². The average molecular weight is 210 g/mol. The summed E-state index contributed by atoms with van der Waals surface area (Å²) in [6.07, 6.45) is 0.290. The maximum atomic E-state index is 10.9. The Balaban J connectivity index is 2.47. The summed E-state index contributed by atoms with van der Waals surface area (Å²) in [4.78, 5) is 10.9. The fraction of sp³-hybridized carbons (Fsp3) is 0.300. The van der Waals surface area contributed by atoms with Crippen LogP contribution in [0.2, 0.25) is 0 Å². The van der Waals surface area contributed by atoms with E-state index in [1.165, 1.54) is 6.07 Å². The van der Waals surface area contributed by atoms with E-state index in [-0.39, 0.29) is 25.4 Å². The Morgan fingerprint density at radius 3 is 2.60 bits per heavy atom. The molecule has 2 rings (SSSR count). The fourth-order valence-electron chi connectivity index (χ4n) is 1.51. The molecule has 0 bridgehead atoms. The zero-order chi connectivity index (χ0) is 10.8. The van der Waals surface area contributed by atoms with Crippen LogP contribution in [0.3, 0.4) is 0 Å². The van der Waals surface area contributed by atoms with Crippen LogP contribution in [0.5, 0.6) is 11.5 Å². The first kappa shape index (κ1) is 9.79. The van der Waals surface area contributed by atoms with Gasteiger partial charge in [-0.1, -0.05) is 0 Å². The van der Waals surface area contributed by atoms with Gasteiger partial charge in [0.2, 0.25) is 6.79 Å². The summed E-state index contributed by atoms with van der Waals surface area (Å²) < 4.78 is 10.2. The average Bonchev–Trinajstić information content (AvgIpc) is 2.63. The first-order valence-electron chi connectivity index (χ1n) is 4.49. The molecule has 5 nitrogen and oxygen atoms in total. The minimum absolute atomic E-state index is 0.0973. The van der Waals surface area contributed by atoms with Crippen molar-refractivity contribution in [1.82, 2.24) is 0 Å². The van der Waals surface area contributed by atoms with Crippen LogP contribution in [0.1, 0.15) is 15.9 Å². The van der Waals surface area contributed by atoms with Crippen molar-refractivity contribution in [3.63, 3.8) is 0 Å². The topological polar surface area (TPSA) is 76.0 Å². The van der Waals surface area contributed by atoms with Gasteiger partial charge in [-0.05, 0) is 24.1 Å². The Kier molecular flexibility index (Phi) is 2.47. The number of carboxylic acid groups (broad SMARTS) is 1. The zero-order valence-electron chi connectivity index (χ0n) is 7.90. The van der Waals surface area contributed by atoms with Crippen LogP contribution in [0.15, 0.2) is 12.1 Å². The monoisotopic (exact) mass is 210 g/mol. The lowest BCUT2D eigenvalue weighted by Crippen LogP contribution is -2.04. The molecule has 0 saturated carbocycles. The lowest BCUT2D eigenvalue weighted by Gasteiger charge is -2.05. The van der Waals surface area contributed by atoms with Crippen LogP contribution < -0.4 is 9.47 Å². The Morgan fingerprint density at radius 1 is 1.33 bits per heavy atom. The molecule has 1 heterocycles. The Bertz CT molecular complexity index is 399. The summed E-state index contributed by atoms with van der Waals surface area (Å²) in [5, 5.41) is 17.8. The highest BCUT2D eigenvalue weighted by atomic mass is 16.7. The maximum Gasteiger partial charge on any atom is 0.336 e. The van der Waals surface area contributed by atoms with E-state index in [0.29, 0.717) is 17.1 Å². The molecular weight excluding hydrogens is 200 g/mol. The van der Waals surface area contributed by atoms with Crippen molar-refractivity contribution in [3.05, 3.63) is 23.3 Å². The molecule has 1 aliphatic heterocycles. The number of ether oxygens (including phenoxy) is 2. The van der Waals surface area contributed by atoms with Crippen molar-refractivity contribution in [2.45, 2.75) is 6.42 Å². The van der Waals surface area contributed by atoms with Gasteiger partial charge in [-0.2, -0.15) is 0 Å². The predicted molar refractivity (Wildman–Crippen MR) is 50.3 cm³/mol. The molecule has 15 heavy (non-hydrogen) atoms. The normalized spacial score (nSPS) is 12.9. The van der Waals surface area contributed by atoms with Gasteiger partial charge in [0.15, 0.2) is 11.5 Å². The third-order valence-corrected chi connectivity index (χ3v) is 2.21. The van der Waals surface area contributed by atoms with E-state index in [2.05, 4.69) is 0 Å². The number of aromatic carboxylic acids is 1. The van der Waals surface area contributed by atoms with Gasteiger partial charge in [0.25, 0.3) is 0 Å². The van der Waals surface area contributed by atoms with Gasteiger partial charge in [-0.15, -0.1) is 0 Å². The molecule has 0 aliphatic carbocycles. The van der Waals surface area contributed by atoms with E-state index in [0.717, 1.165) is 0 Å². The predicted octanol–water partition coefficient (Wildman–Crippen LogP) is 0.648. The summed E-state index contributed by atoms with van der Waals surface area (Å²) in [6.45, 7) is 0.0108. The number of fused-ring (bicyclic) bond motifs is 1. The Labute approximate surface area is 85.9 Å². The van der Waals surface area contributed by atoms with Crippen LogP contribution in [0.4, 0.5) is 0 Å². The van der Waals surface area contributed by atoms with E-state index < -0.39 is 5.97 Å². The number of hydrogen-bond acceptors (Lipinski definition) is 4. The van der Waals surface area contributed by atoms with Crippen molar-refractivity contribution in [2.75, 3.05) is 13.4 Å². The SMILES string of the molecule is O=C(O)c1cc2c(cc1CCO)OCO2. The van der Waals surface area contributed by atoms with E-state index in [1.54, 1.807) is 6.07 Å². The number of carboxylic acids is 1. The second kappa shape index (κ2) is 3.78. The first-order chi connectivity index (χ1) is 7.22. The minimum Gasteiger partial charge on any atom is -0.478 e. The van der Waals surface area contributed by atoms with Gasteiger partial charge in [0.05, 0.1) is 5.56 Å². The minimum atomic E-state index is -1.03. The smallest absolute Gasteiger partial charge is 0.336 e. The van der Waals surface area contributed by atoms with Gasteiger partial charge < -0.3 is 19.7 Å². The zero-order valence-corrected chi connectivity index (χ0v) is 7.90. The van der Waals surface area contributed by atoms with Crippen LogP contribution in [-0.4, -0.2) is 29.6 Å². The largest absolute Gasteiger partial charge is 0.478 e. The van der Waals surface area contributed by atoms with Gasteiger partial charge >= 0.3 is 5.97 Å². The molecular formula is C10H10O5. The number of carbonyl (C=O) groups is 1. The molecule has 1 aliphatic rings. The Hall–Kier alpha value is -1.75. The summed E-state index contributed by atoms with van der Waals surface area (Å²) in [6, 6.07) is 3.03. The van der Waals surface area contributed by atoms with Crippen LogP contribution in [-0.2, 0) is 6.42 Å². The molecule has 0 saturated heterocycles. The molecule has 0 spiro atoms. The van der Waals surface area contributed by atoms with E-state index in [4.69, 9.17) is 19.7 Å². The molecule has 80 valence electrons. The first-order valence-corrected chi connectivity index (χ1v) is 4.49. The molecule has 1 aromatic rings. The highest BCUT2D eigenvalue weighted by Crippen LogP contribution is 2.34. The summed E-state index contributed by atoms with van der Waals surface area (Å²) in [7, 11) is 0. The molecule has 0 aromatic heterocycles. The van der Waals surface area contributed by atoms with Crippen molar-refractivity contribution in [2.24, 2.45) is 0 Å². The molecule has 0 amide bonds. The maximum absolute atomic E-state index is 10.9. The standard InChI is InChI=1S/C10H10O5/c11-2-1-6-3-8-9(15-5-14-8)4-7(6)10(12)13/h3-4,11H,1-2,5H2,(H,12,13). The number of aliphatic hydroxyl groups is 1. The van der Waals surface area contributed by atoms with Crippen LogP contribution in [0.25, 0.3) is 0 Å². The molecule has 0 fully saturated rings. The highest BCUT2D eigenvalue weighted by molar-refractivity contribution is 5.90. The number of hydrogen-bond donors (Lipinski definition) is 2. The van der Waals surface area contributed by atoms with Crippen molar-refractivity contribution >= 4 is 5.97 Å². The molecule has 1 aromatic carbocycles. The summed E-state index contributed by atoms with van der Waals surface area (Å²) >= 11 is 0. The van der Waals surface area contributed by atoms with Gasteiger partial charge in [-0.25, -0.2) is 4.79 Å². The molecule has 0 unspecified atom stereocenters. The number of benzene rings is 1. The van der Waals surface area contributed by atoms with Gasteiger partial charge in [-0.3, -0.25) is 0 Å². The Morgan fingerprint density at radius 2 is 2.00 bits per heavy atom. The lowest BCUT2D eigenvalue weighted by molar-refractivity contribution is 0.0695. The third kappa shape index (κ3) is 1.73. The van der Waals surface area contributed by atoms with Crippen molar-refractivity contribution < 1.29 is 24.5 Å². The molecule has 5 heteroatoms. The molecule has 0 radical (unpaired) electrons. The fourth-order valence-corrected chi connectivity index (χ4v) is 1.51. The quantitative estimate of drug-likeness (QED) is 0.766. The van der Waals surface area contributed by atoms with Gasteiger partial charge in [0.1, 0.15) is 0 Å². The number of rotatable bonds is 3. The van der Waals surface area contributed by atoms with Crippen LogP contribution in [0, 0.1) is 0 Å². The van der Waals surface area contributed by atoms with Crippen molar-refractivity contribution in [1.29, 1.82) is 0 Å².